The number of hydrogen-bond donors (Lipinski definition) is 0. The van der Waals surface area contributed by atoms with Gasteiger partial charge in [0.1, 0.15) is 0 Å². The van der Waals surface area contributed by atoms with Crippen LogP contribution in [0.1, 0.15) is 6.92 Å². The van der Waals surface area contributed by atoms with Crippen molar-refractivity contribution in [3.8, 4) is 0 Å². The summed E-state index contributed by atoms with van der Waals surface area (Å²) in [5, 5.41) is 1.28. The lowest BCUT2D eigenvalue weighted by atomic mass is 10.2. The Kier molecular flexibility index (Phi) is 4.86. The molecule has 104 valence electrons. The Morgan fingerprint density at radius 2 is 1.85 bits per heavy atom. The second-order valence-corrected chi connectivity index (χ2v) is 5.48. The van der Waals surface area contributed by atoms with Gasteiger partial charge < -0.3 is 4.90 Å². The number of anilines is 2. The molecule has 0 fully saturated rings. The number of hydrogen-bond acceptors (Lipinski definition) is 3. The second kappa shape index (κ2) is 6.44. The van der Waals surface area contributed by atoms with Gasteiger partial charge in [0.15, 0.2) is 11.0 Å². The number of nitrogens with zero attached hydrogens (tertiary/aromatic N) is 3. The smallest absolute Gasteiger partial charge is 0.172 e. The summed E-state index contributed by atoms with van der Waals surface area (Å²) >= 11 is 18.1. The topological polar surface area (TPSA) is 29.0 Å². The van der Waals surface area contributed by atoms with Gasteiger partial charge in [-0.3, -0.25) is 0 Å². The van der Waals surface area contributed by atoms with Gasteiger partial charge in [-0.1, -0.05) is 47.0 Å². The largest absolute Gasteiger partial charge is 0.320 e. The third-order valence-corrected chi connectivity index (χ3v) is 3.54. The zero-order valence-electron chi connectivity index (χ0n) is 10.8. The minimum absolute atomic E-state index is 0.319. The Hall–Kier alpha value is -1.29. The van der Waals surface area contributed by atoms with E-state index in [1.54, 1.807) is 24.5 Å². The van der Waals surface area contributed by atoms with E-state index in [-0.39, 0.29) is 0 Å². The predicted octanol–water partition coefficient (Wildman–Crippen LogP) is 5.15. The highest BCUT2D eigenvalue weighted by molar-refractivity contribution is 6.42. The maximum Gasteiger partial charge on any atom is 0.172 e. The normalized spacial score (nSPS) is 10.4. The molecule has 20 heavy (non-hydrogen) atoms. The molecule has 0 aliphatic carbocycles. The molecule has 3 nitrogen and oxygen atoms in total. The molecule has 0 saturated heterocycles. The first-order chi connectivity index (χ1) is 9.49. The van der Waals surface area contributed by atoms with Crippen molar-refractivity contribution in [2.45, 2.75) is 6.92 Å². The molecule has 2 aromatic rings. The van der Waals surface area contributed by atoms with E-state index in [9.17, 15) is 0 Å². The molecule has 0 spiro atoms. The van der Waals surface area contributed by atoms with Crippen LogP contribution in [0.15, 0.2) is 42.7 Å². The lowest BCUT2D eigenvalue weighted by Gasteiger charge is -2.24. The Bertz CT molecular complexity index is 643. The van der Waals surface area contributed by atoms with Gasteiger partial charge in [-0.2, -0.15) is 0 Å². The van der Waals surface area contributed by atoms with Gasteiger partial charge in [-0.15, -0.1) is 0 Å². The fraction of sp³-hybridized carbons (Fsp3) is 0.143. The quantitative estimate of drug-likeness (QED) is 0.727. The van der Waals surface area contributed by atoms with E-state index in [1.165, 1.54) is 0 Å². The Morgan fingerprint density at radius 1 is 1.15 bits per heavy atom. The van der Waals surface area contributed by atoms with E-state index < -0.39 is 0 Å². The number of benzene rings is 1. The standard InChI is InChI=1S/C14H12Cl3N3/c1-9(2)8-20(14-13(17)18-5-6-19-14)10-3-4-11(15)12(16)7-10/h3-7H,1,8H2,2H3. The average molecular weight is 329 g/mol. The fourth-order valence-electron chi connectivity index (χ4n) is 1.71. The van der Waals surface area contributed by atoms with E-state index in [0.29, 0.717) is 27.6 Å². The van der Waals surface area contributed by atoms with Crippen LogP contribution in [0.5, 0.6) is 0 Å². The molecule has 0 aliphatic heterocycles. The maximum absolute atomic E-state index is 6.12. The van der Waals surface area contributed by atoms with Crippen molar-refractivity contribution >= 4 is 46.3 Å². The number of halogens is 3. The zero-order chi connectivity index (χ0) is 14.7. The molecule has 0 aliphatic rings. The molecule has 0 N–H and O–H groups in total. The third-order valence-electron chi connectivity index (χ3n) is 2.53. The monoisotopic (exact) mass is 327 g/mol. The van der Waals surface area contributed by atoms with Crippen molar-refractivity contribution in [2.24, 2.45) is 0 Å². The molecule has 0 amide bonds. The van der Waals surface area contributed by atoms with E-state index in [2.05, 4.69) is 16.5 Å². The molecule has 1 aromatic heterocycles. The third kappa shape index (κ3) is 3.42. The van der Waals surface area contributed by atoms with Gasteiger partial charge in [0, 0.05) is 24.6 Å². The minimum Gasteiger partial charge on any atom is -0.320 e. The van der Waals surface area contributed by atoms with Crippen LogP contribution < -0.4 is 4.90 Å². The highest BCUT2D eigenvalue weighted by atomic mass is 35.5. The van der Waals surface area contributed by atoms with Crippen LogP contribution in [0.3, 0.4) is 0 Å². The summed E-state index contributed by atoms with van der Waals surface area (Å²) in [6, 6.07) is 5.34. The molecular formula is C14H12Cl3N3. The van der Waals surface area contributed by atoms with Crippen LogP contribution in [0, 0.1) is 0 Å². The van der Waals surface area contributed by atoms with Crippen LogP contribution in [0.25, 0.3) is 0 Å². The summed E-state index contributed by atoms with van der Waals surface area (Å²) in [6.07, 6.45) is 3.13. The van der Waals surface area contributed by atoms with Crippen molar-refractivity contribution in [1.29, 1.82) is 0 Å². The van der Waals surface area contributed by atoms with E-state index in [1.807, 2.05) is 17.9 Å². The first-order valence-corrected chi connectivity index (χ1v) is 6.96. The average Bonchev–Trinajstić information content (AvgIpc) is 2.40. The predicted molar refractivity (Wildman–Crippen MR) is 85.3 cm³/mol. The van der Waals surface area contributed by atoms with Crippen molar-refractivity contribution < 1.29 is 0 Å². The van der Waals surface area contributed by atoms with E-state index in [0.717, 1.165) is 11.3 Å². The van der Waals surface area contributed by atoms with Crippen LogP contribution in [0.2, 0.25) is 15.2 Å². The lowest BCUT2D eigenvalue weighted by molar-refractivity contribution is 0.990. The Labute approximate surface area is 132 Å². The molecular weight excluding hydrogens is 317 g/mol. The van der Waals surface area contributed by atoms with Crippen LogP contribution in [-0.4, -0.2) is 16.5 Å². The van der Waals surface area contributed by atoms with Crippen molar-refractivity contribution in [3.05, 3.63) is 57.9 Å². The summed E-state index contributed by atoms with van der Waals surface area (Å²) in [6.45, 7) is 6.40. The van der Waals surface area contributed by atoms with Crippen molar-refractivity contribution in [2.75, 3.05) is 11.4 Å². The zero-order valence-corrected chi connectivity index (χ0v) is 13.0. The SMILES string of the molecule is C=C(C)CN(c1ccc(Cl)c(Cl)c1)c1nccnc1Cl. The summed E-state index contributed by atoms with van der Waals surface area (Å²) < 4.78 is 0. The van der Waals surface area contributed by atoms with E-state index in [4.69, 9.17) is 34.8 Å². The van der Waals surface area contributed by atoms with Gasteiger partial charge in [-0.25, -0.2) is 9.97 Å². The molecule has 0 radical (unpaired) electrons. The van der Waals surface area contributed by atoms with Crippen LogP contribution >= 0.6 is 34.8 Å². The molecule has 0 bridgehead atoms. The van der Waals surface area contributed by atoms with Gasteiger partial charge in [-0.05, 0) is 25.1 Å². The van der Waals surface area contributed by atoms with Gasteiger partial charge in [0.05, 0.1) is 10.0 Å². The fourth-order valence-corrected chi connectivity index (χ4v) is 2.21. The van der Waals surface area contributed by atoms with E-state index >= 15 is 0 Å². The number of rotatable bonds is 4. The summed E-state index contributed by atoms with van der Waals surface area (Å²) in [7, 11) is 0. The van der Waals surface area contributed by atoms with Crippen LogP contribution in [0.4, 0.5) is 11.5 Å². The Balaban J connectivity index is 2.50. The van der Waals surface area contributed by atoms with Crippen molar-refractivity contribution in [3.63, 3.8) is 0 Å². The molecule has 0 unspecified atom stereocenters. The molecule has 0 atom stereocenters. The minimum atomic E-state index is 0.319. The summed E-state index contributed by atoms with van der Waals surface area (Å²) in [5.74, 6) is 0.551. The molecule has 0 saturated carbocycles. The number of aromatic nitrogens is 2. The molecule has 1 heterocycles. The first kappa shape index (κ1) is 15.1. The van der Waals surface area contributed by atoms with Gasteiger partial charge >= 0.3 is 0 Å². The summed E-state index contributed by atoms with van der Waals surface area (Å²) in [4.78, 5) is 10.2. The first-order valence-electron chi connectivity index (χ1n) is 5.82. The Morgan fingerprint density at radius 3 is 2.45 bits per heavy atom. The van der Waals surface area contributed by atoms with Gasteiger partial charge in [0.25, 0.3) is 0 Å². The van der Waals surface area contributed by atoms with Crippen LogP contribution in [-0.2, 0) is 0 Å². The molecule has 2 rings (SSSR count). The van der Waals surface area contributed by atoms with Crippen molar-refractivity contribution in [1.82, 2.24) is 9.97 Å². The lowest BCUT2D eigenvalue weighted by Crippen LogP contribution is -2.20. The maximum atomic E-state index is 6.12. The highest BCUT2D eigenvalue weighted by Gasteiger charge is 2.16. The summed E-state index contributed by atoms with van der Waals surface area (Å²) in [5.41, 5.74) is 1.78. The molecule has 1 aromatic carbocycles. The molecule has 6 heteroatoms. The van der Waals surface area contributed by atoms with Gasteiger partial charge in [0.2, 0.25) is 0 Å². The highest BCUT2D eigenvalue weighted by Crippen LogP contribution is 2.33. The second-order valence-electron chi connectivity index (χ2n) is 4.31.